The van der Waals surface area contributed by atoms with Crippen molar-refractivity contribution in [3.05, 3.63) is 28.2 Å². The van der Waals surface area contributed by atoms with E-state index in [1.54, 1.807) is 18.2 Å². The Morgan fingerprint density at radius 2 is 1.71 bits per heavy atom. The van der Waals surface area contributed by atoms with Crippen LogP contribution in [0.1, 0.15) is 12.8 Å². The van der Waals surface area contributed by atoms with Gasteiger partial charge in [0.15, 0.2) is 0 Å². The molecule has 0 fully saturated rings. The maximum absolute atomic E-state index is 5.82. The molecule has 0 unspecified atom stereocenters. The molecular formula is C10H11BrCl2O. The normalized spacial score (nSPS) is 10.2. The summed E-state index contributed by atoms with van der Waals surface area (Å²) in [4.78, 5) is 0. The van der Waals surface area contributed by atoms with E-state index in [0.717, 1.165) is 23.9 Å². The van der Waals surface area contributed by atoms with Gasteiger partial charge < -0.3 is 4.74 Å². The Hall–Kier alpha value is 0.0800. The van der Waals surface area contributed by atoms with Crippen LogP contribution in [0.25, 0.3) is 0 Å². The van der Waals surface area contributed by atoms with E-state index in [-0.39, 0.29) is 0 Å². The first-order valence-electron chi connectivity index (χ1n) is 4.37. The molecule has 0 saturated heterocycles. The second-order valence-electron chi connectivity index (χ2n) is 2.85. The van der Waals surface area contributed by atoms with Crippen LogP contribution in [0.5, 0.6) is 5.75 Å². The molecule has 0 spiro atoms. The fourth-order valence-electron chi connectivity index (χ4n) is 0.998. The summed E-state index contributed by atoms with van der Waals surface area (Å²) in [6, 6.07) is 5.22. The summed E-state index contributed by atoms with van der Waals surface area (Å²) in [5, 5.41) is 2.22. The van der Waals surface area contributed by atoms with Crippen molar-refractivity contribution in [2.45, 2.75) is 12.8 Å². The number of benzene rings is 1. The Labute approximate surface area is 102 Å². The molecule has 1 rings (SSSR count). The van der Waals surface area contributed by atoms with E-state index in [4.69, 9.17) is 27.9 Å². The van der Waals surface area contributed by atoms with Crippen LogP contribution >= 0.6 is 39.1 Å². The SMILES string of the molecule is Clc1cc(Cl)cc(OCCCCBr)c1. The predicted molar refractivity (Wildman–Crippen MR) is 65.0 cm³/mol. The average molecular weight is 298 g/mol. The van der Waals surface area contributed by atoms with Gasteiger partial charge in [0.05, 0.1) is 6.61 Å². The third kappa shape index (κ3) is 4.54. The Balaban J connectivity index is 2.42. The molecule has 14 heavy (non-hydrogen) atoms. The zero-order valence-corrected chi connectivity index (χ0v) is 10.7. The Kier molecular flexibility index (Phi) is 5.68. The highest BCUT2D eigenvalue weighted by atomic mass is 79.9. The van der Waals surface area contributed by atoms with E-state index >= 15 is 0 Å². The molecule has 78 valence electrons. The van der Waals surface area contributed by atoms with Crippen molar-refractivity contribution in [1.29, 1.82) is 0 Å². The van der Waals surface area contributed by atoms with Gasteiger partial charge in [-0.25, -0.2) is 0 Å². The maximum Gasteiger partial charge on any atom is 0.122 e. The van der Waals surface area contributed by atoms with Gasteiger partial charge in [-0.3, -0.25) is 0 Å². The highest BCUT2D eigenvalue weighted by Crippen LogP contribution is 2.24. The molecule has 0 aliphatic heterocycles. The van der Waals surface area contributed by atoms with Crippen molar-refractivity contribution >= 4 is 39.1 Å². The molecule has 0 amide bonds. The van der Waals surface area contributed by atoms with Crippen molar-refractivity contribution in [2.24, 2.45) is 0 Å². The molecular weight excluding hydrogens is 287 g/mol. The van der Waals surface area contributed by atoms with Gasteiger partial charge in [-0.2, -0.15) is 0 Å². The molecule has 1 aromatic carbocycles. The molecule has 1 aromatic rings. The Bertz CT molecular complexity index is 271. The van der Waals surface area contributed by atoms with Crippen molar-refractivity contribution in [2.75, 3.05) is 11.9 Å². The largest absolute Gasteiger partial charge is 0.493 e. The van der Waals surface area contributed by atoms with Gasteiger partial charge in [0.2, 0.25) is 0 Å². The number of unbranched alkanes of at least 4 members (excludes halogenated alkanes) is 1. The van der Waals surface area contributed by atoms with Gasteiger partial charge in [0.25, 0.3) is 0 Å². The molecule has 0 saturated carbocycles. The summed E-state index contributed by atoms with van der Waals surface area (Å²) in [6.07, 6.45) is 2.13. The molecule has 0 heterocycles. The molecule has 0 aliphatic carbocycles. The summed E-state index contributed by atoms with van der Waals surface area (Å²) in [5.41, 5.74) is 0. The predicted octanol–water partition coefficient (Wildman–Crippen LogP) is 4.55. The van der Waals surface area contributed by atoms with Gasteiger partial charge in [-0.1, -0.05) is 39.1 Å². The number of alkyl halides is 1. The summed E-state index contributed by atoms with van der Waals surface area (Å²) in [5.74, 6) is 0.733. The lowest BCUT2D eigenvalue weighted by atomic mass is 10.3. The van der Waals surface area contributed by atoms with E-state index in [9.17, 15) is 0 Å². The highest BCUT2D eigenvalue weighted by molar-refractivity contribution is 9.09. The summed E-state index contributed by atoms with van der Waals surface area (Å²) in [6.45, 7) is 0.697. The molecule has 0 atom stereocenters. The van der Waals surface area contributed by atoms with E-state index in [2.05, 4.69) is 15.9 Å². The van der Waals surface area contributed by atoms with Crippen LogP contribution in [0.2, 0.25) is 10.0 Å². The van der Waals surface area contributed by atoms with Crippen LogP contribution in [-0.2, 0) is 0 Å². The lowest BCUT2D eigenvalue weighted by molar-refractivity contribution is 0.310. The molecule has 4 heteroatoms. The smallest absolute Gasteiger partial charge is 0.122 e. The van der Waals surface area contributed by atoms with Crippen LogP contribution in [0.3, 0.4) is 0 Å². The molecule has 0 N–H and O–H groups in total. The van der Waals surface area contributed by atoms with E-state index in [0.29, 0.717) is 16.7 Å². The molecule has 0 aromatic heterocycles. The van der Waals surface area contributed by atoms with Crippen LogP contribution < -0.4 is 4.74 Å². The van der Waals surface area contributed by atoms with Crippen molar-refractivity contribution < 1.29 is 4.74 Å². The third-order valence-corrected chi connectivity index (χ3v) is 2.63. The third-order valence-electron chi connectivity index (χ3n) is 1.63. The molecule has 0 bridgehead atoms. The number of hydrogen-bond acceptors (Lipinski definition) is 1. The van der Waals surface area contributed by atoms with E-state index < -0.39 is 0 Å². The lowest BCUT2D eigenvalue weighted by Gasteiger charge is -2.06. The average Bonchev–Trinajstić information content (AvgIpc) is 2.11. The van der Waals surface area contributed by atoms with Crippen molar-refractivity contribution in [3.8, 4) is 5.75 Å². The van der Waals surface area contributed by atoms with Crippen LogP contribution in [0, 0.1) is 0 Å². The Morgan fingerprint density at radius 3 is 2.29 bits per heavy atom. The monoisotopic (exact) mass is 296 g/mol. The highest BCUT2D eigenvalue weighted by Gasteiger charge is 1.98. The van der Waals surface area contributed by atoms with Crippen LogP contribution in [-0.4, -0.2) is 11.9 Å². The standard InChI is InChI=1S/C10H11BrCl2O/c11-3-1-2-4-14-10-6-8(12)5-9(13)7-10/h5-7H,1-4H2. The van der Waals surface area contributed by atoms with Crippen LogP contribution in [0.4, 0.5) is 0 Å². The van der Waals surface area contributed by atoms with E-state index in [1.807, 2.05) is 0 Å². The van der Waals surface area contributed by atoms with Gasteiger partial charge >= 0.3 is 0 Å². The lowest BCUT2D eigenvalue weighted by Crippen LogP contribution is -1.97. The second-order valence-corrected chi connectivity index (χ2v) is 4.52. The molecule has 0 aliphatic rings. The van der Waals surface area contributed by atoms with Crippen molar-refractivity contribution in [1.82, 2.24) is 0 Å². The first kappa shape index (κ1) is 12.2. The van der Waals surface area contributed by atoms with Gasteiger partial charge in [-0.15, -0.1) is 0 Å². The zero-order chi connectivity index (χ0) is 10.4. The van der Waals surface area contributed by atoms with E-state index in [1.165, 1.54) is 0 Å². The van der Waals surface area contributed by atoms with Gasteiger partial charge in [0, 0.05) is 15.4 Å². The fourth-order valence-corrected chi connectivity index (χ4v) is 1.90. The summed E-state index contributed by atoms with van der Waals surface area (Å²) < 4.78 is 5.48. The zero-order valence-electron chi connectivity index (χ0n) is 7.60. The first-order valence-corrected chi connectivity index (χ1v) is 6.25. The summed E-state index contributed by atoms with van der Waals surface area (Å²) in [7, 11) is 0. The minimum absolute atomic E-state index is 0.605. The second kappa shape index (κ2) is 6.54. The number of rotatable bonds is 5. The van der Waals surface area contributed by atoms with Gasteiger partial charge in [-0.05, 0) is 31.0 Å². The topological polar surface area (TPSA) is 9.23 Å². The minimum Gasteiger partial charge on any atom is -0.493 e. The maximum atomic E-state index is 5.82. The first-order chi connectivity index (χ1) is 6.72. The van der Waals surface area contributed by atoms with Gasteiger partial charge in [0.1, 0.15) is 5.75 Å². The molecule has 1 nitrogen and oxygen atoms in total. The quantitative estimate of drug-likeness (QED) is 0.572. The fraction of sp³-hybridized carbons (Fsp3) is 0.400. The minimum atomic E-state index is 0.605. The Morgan fingerprint density at radius 1 is 1.07 bits per heavy atom. The molecule has 0 radical (unpaired) electrons. The number of halogens is 3. The number of hydrogen-bond donors (Lipinski definition) is 0. The van der Waals surface area contributed by atoms with Crippen molar-refractivity contribution in [3.63, 3.8) is 0 Å². The summed E-state index contributed by atoms with van der Waals surface area (Å²) >= 11 is 15.0. The number of ether oxygens (including phenoxy) is 1. The van der Waals surface area contributed by atoms with Crippen LogP contribution in [0.15, 0.2) is 18.2 Å².